The lowest BCUT2D eigenvalue weighted by Gasteiger charge is -2.13. The fourth-order valence-electron chi connectivity index (χ4n) is 0.920. The summed E-state index contributed by atoms with van der Waals surface area (Å²) < 4.78 is 0. The monoisotopic (exact) mass is 228 g/mol. The number of rotatable bonds is 4. The molecule has 1 rings (SSSR count). The van der Waals surface area contributed by atoms with Gasteiger partial charge in [-0.2, -0.15) is 4.98 Å². The molecule has 0 aromatic carbocycles. The first kappa shape index (κ1) is 12.1. The van der Waals surface area contributed by atoms with Crippen molar-refractivity contribution in [3.8, 4) is 0 Å². The minimum absolute atomic E-state index is 0.0732. The molecule has 0 saturated carbocycles. The predicted octanol–water partition coefficient (Wildman–Crippen LogP) is 0.962. The molecule has 5 nitrogen and oxygen atoms in total. The summed E-state index contributed by atoms with van der Waals surface area (Å²) in [6.45, 7) is 3.69. The van der Waals surface area contributed by atoms with Crippen LogP contribution in [0.2, 0.25) is 0 Å². The van der Waals surface area contributed by atoms with Gasteiger partial charge < -0.3 is 16.2 Å². The van der Waals surface area contributed by atoms with E-state index in [0.717, 1.165) is 5.03 Å². The Morgan fingerprint density at radius 3 is 2.67 bits per heavy atom. The van der Waals surface area contributed by atoms with E-state index in [-0.39, 0.29) is 17.3 Å². The van der Waals surface area contributed by atoms with Gasteiger partial charge in [0.05, 0.1) is 6.10 Å². The quantitative estimate of drug-likeness (QED) is 0.526. The van der Waals surface area contributed by atoms with Crippen LogP contribution < -0.4 is 11.1 Å². The lowest BCUT2D eigenvalue weighted by atomic mass is 10.3. The van der Waals surface area contributed by atoms with Crippen molar-refractivity contribution in [1.29, 1.82) is 0 Å². The minimum atomic E-state index is -0.385. The number of thioether (sulfide) groups is 1. The lowest BCUT2D eigenvalue weighted by Crippen LogP contribution is -2.15. The molecule has 15 heavy (non-hydrogen) atoms. The topological polar surface area (TPSA) is 84.1 Å². The third-order valence-corrected chi connectivity index (χ3v) is 3.18. The van der Waals surface area contributed by atoms with Crippen LogP contribution in [-0.4, -0.2) is 33.5 Å². The number of anilines is 2. The summed E-state index contributed by atoms with van der Waals surface area (Å²) in [6.07, 6.45) is -0.385. The smallest absolute Gasteiger partial charge is 0.223 e. The van der Waals surface area contributed by atoms with Gasteiger partial charge in [-0.3, -0.25) is 0 Å². The van der Waals surface area contributed by atoms with Crippen LogP contribution in [0.3, 0.4) is 0 Å². The summed E-state index contributed by atoms with van der Waals surface area (Å²) in [6, 6.07) is 1.81. The fraction of sp³-hybridized carbons (Fsp3) is 0.556. The molecule has 1 aromatic heterocycles. The number of nitrogens with two attached hydrogens (primary N) is 1. The van der Waals surface area contributed by atoms with E-state index in [1.807, 2.05) is 6.92 Å². The van der Waals surface area contributed by atoms with Gasteiger partial charge in [-0.25, -0.2) is 4.98 Å². The highest BCUT2D eigenvalue weighted by atomic mass is 32.2. The molecule has 0 amide bonds. The Labute approximate surface area is 93.5 Å². The number of nitrogens with one attached hydrogen (secondary N) is 1. The van der Waals surface area contributed by atoms with Crippen molar-refractivity contribution in [2.24, 2.45) is 0 Å². The van der Waals surface area contributed by atoms with Crippen molar-refractivity contribution in [3.05, 3.63) is 6.07 Å². The molecule has 0 radical (unpaired) electrons. The van der Waals surface area contributed by atoms with Crippen molar-refractivity contribution < 1.29 is 5.11 Å². The van der Waals surface area contributed by atoms with Gasteiger partial charge in [0, 0.05) is 18.4 Å². The van der Waals surface area contributed by atoms with E-state index in [1.165, 1.54) is 11.8 Å². The average molecular weight is 228 g/mol. The number of aliphatic hydroxyl groups excluding tert-OH is 1. The zero-order valence-corrected chi connectivity index (χ0v) is 9.88. The van der Waals surface area contributed by atoms with E-state index in [0.29, 0.717) is 5.82 Å². The SMILES string of the molecule is CNc1cc(SC(C)C(C)O)nc(N)n1. The summed E-state index contributed by atoms with van der Waals surface area (Å²) in [5.41, 5.74) is 5.55. The van der Waals surface area contributed by atoms with Crippen LogP contribution in [0.15, 0.2) is 11.1 Å². The van der Waals surface area contributed by atoms with E-state index in [1.54, 1.807) is 20.0 Å². The number of hydrogen-bond donors (Lipinski definition) is 3. The third-order valence-electron chi connectivity index (χ3n) is 1.96. The van der Waals surface area contributed by atoms with Crippen LogP contribution in [0, 0.1) is 0 Å². The second kappa shape index (κ2) is 5.18. The van der Waals surface area contributed by atoms with Crippen LogP contribution in [0.1, 0.15) is 13.8 Å². The molecular formula is C9H16N4OS. The largest absolute Gasteiger partial charge is 0.392 e. The fourth-order valence-corrected chi connectivity index (χ4v) is 1.82. The maximum absolute atomic E-state index is 9.37. The standard InChI is InChI=1S/C9H16N4OS/c1-5(14)6(2)15-8-4-7(11-3)12-9(10)13-8/h4-6,14H,1-3H3,(H3,10,11,12,13). The third kappa shape index (κ3) is 3.56. The van der Waals surface area contributed by atoms with Crippen LogP contribution in [0.25, 0.3) is 0 Å². The average Bonchev–Trinajstić information content (AvgIpc) is 2.16. The summed E-state index contributed by atoms with van der Waals surface area (Å²) in [7, 11) is 1.77. The molecule has 2 atom stereocenters. The van der Waals surface area contributed by atoms with Gasteiger partial charge >= 0.3 is 0 Å². The highest BCUT2D eigenvalue weighted by Crippen LogP contribution is 2.25. The zero-order chi connectivity index (χ0) is 11.4. The highest BCUT2D eigenvalue weighted by molar-refractivity contribution is 7.99. The van der Waals surface area contributed by atoms with Crippen molar-refractivity contribution in [2.45, 2.75) is 30.2 Å². The molecule has 0 aliphatic heterocycles. The van der Waals surface area contributed by atoms with E-state index in [4.69, 9.17) is 5.73 Å². The summed E-state index contributed by atoms with van der Waals surface area (Å²) >= 11 is 1.47. The van der Waals surface area contributed by atoms with Crippen molar-refractivity contribution in [1.82, 2.24) is 9.97 Å². The zero-order valence-electron chi connectivity index (χ0n) is 9.06. The highest BCUT2D eigenvalue weighted by Gasteiger charge is 2.12. The van der Waals surface area contributed by atoms with Gasteiger partial charge in [0.25, 0.3) is 0 Å². The molecule has 0 saturated heterocycles. The Hall–Kier alpha value is -1.01. The van der Waals surface area contributed by atoms with E-state index >= 15 is 0 Å². The van der Waals surface area contributed by atoms with Crippen molar-refractivity contribution in [3.63, 3.8) is 0 Å². The van der Waals surface area contributed by atoms with Gasteiger partial charge in [0.2, 0.25) is 5.95 Å². The number of nitrogen functional groups attached to an aromatic ring is 1. The summed E-state index contributed by atoms with van der Waals surface area (Å²) in [5, 5.41) is 13.1. The Balaban J connectivity index is 2.80. The van der Waals surface area contributed by atoms with Gasteiger partial charge in [0.1, 0.15) is 10.8 Å². The van der Waals surface area contributed by atoms with Gasteiger partial charge in [0.15, 0.2) is 0 Å². The van der Waals surface area contributed by atoms with Crippen LogP contribution in [0.4, 0.5) is 11.8 Å². The van der Waals surface area contributed by atoms with Crippen LogP contribution in [0.5, 0.6) is 0 Å². The van der Waals surface area contributed by atoms with Gasteiger partial charge in [-0.15, -0.1) is 11.8 Å². The molecule has 4 N–H and O–H groups in total. The maximum Gasteiger partial charge on any atom is 0.223 e. The van der Waals surface area contributed by atoms with Crippen LogP contribution in [-0.2, 0) is 0 Å². The Kier molecular flexibility index (Phi) is 4.16. The predicted molar refractivity (Wildman–Crippen MR) is 63.0 cm³/mol. The molecule has 0 aliphatic rings. The molecule has 0 aliphatic carbocycles. The van der Waals surface area contributed by atoms with E-state index in [9.17, 15) is 5.11 Å². The summed E-state index contributed by atoms with van der Waals surface area (Å²) in [5.74, 6) is 0.921. The number of hydrogen-bond acceptors (Lipinski definition) is 6. The van der Waals surface area contributed by atoms with Crippen LogP contribution >= 0.6 is 11.8 Å². The number of aromatic nitrogens is 2. The first-order valence-corrected chi connectivity index (χ1v) is 5.58. The molecule has 0 fully saturated rings. The summed E-state index contributed by atoms with van der Waals surface area (Å²) in [4.78, 5) is 8.07. The first-order valence-electron chi connectivity index (χ1n) is 4.70. The molecule has 0 spiro atoms. The molecule has 2 unspecified atom stereocenters. The van der Waals surface area contributed by atoms with Crippen molar-refractivity contribution in [2.75, 3.05) is 18.1 Å². The van der Waals surface area contributed by atoms with Crippen molar-refractivity contribution >= 4 is 23.5 Å². The molecule has 0 bridgehead atoms. The normalized spacial score (nSPS) is 14.7. The minimum Gasteiger partial charge on any atom is -0.392 e. The number of nitrogens with zero attached hydrogens (tertiary/aromatic N) is 2. The van der Waals surface area contributed by atoms with Gasteiger partial charge in [-0.05, 0) is 6.92 Å². The second-order valence-electron chi connectivity index (χ2n) is 3.26. The first-order chi connectivity index (χ1) is 7.02. The maximum atomic E-state index is 9.37. The molecular weight excluding hydrogens is 212 g/mol. The second-order valence-corrected chi connectivity index (χ2v) is 4.66. The number of aliphatic hydroxyl groups is 1. The molecule has 84 valence electrons. The Bertz CT molecular complexity index is 332. The Morgan fingerprint density at radius 2 is 2.13 bits per heavy atom. The molecule has 6 heteroatoms. The van der Waals surface area contributed by atoms with E-state index < -0.39 is 0 Å². The molecule has 1 aromatic rings. The van der Waals surface area contributed by atoms with E-state index in [2.05, 4.69) is 15.3 Å². The molecule has 1 heterocycles. The lowest BCUT2D eigenvalue weighted by molar-refractivity contribution is 0.196. The van der Waals surface area contributed by atoms with Gasteiger partial charge in [-0.1, -0.05) is 6.92 Å². The Morgan fingerprint density at radius 1 is 1.47 bits per heavy atom.